The second kappa shape index (κ2) is 7.31. The molecule has 1 amide bonds. The van der Waals surface area contributed by atoms with Gasteiger partial charge in [-0.25, -0.2) is 0 Å². The van der Waals surface area contributed by atoms with E-state index in [0.29, 0.717) is 0 Å². The molecule has 1 heterocycles. The smallest absolute Gasteiger partial charge is 0.221 e. The van der Waals surface area contributed by atoms with Crippen molar-refractivity contribution in [3.63, 3.8) is 0 Å². The van der Waals surface area contributed by atoms with E-state index >= 15 is 0 Å². The Morgan fingerprint density at radius 2 is 1.92 bits per heavy atom. The van der Waals surface area contributed by atoms with Crippen LogP contribution in [0.5, 0.6) is 0 Å². The lowest BCUT2D eigenvalue weighted by Crippen LogP contribution is -2.07. The standard InChI is InChI=1S/C18H18N4OS/c1-13-20-21-18(24-12-15-7-4-3-5-8-15)22(13)17-10-6-9-16(11-17)19-14(2)23/h3-11H,12H2,1-2H3,(H,19,23). The van der Waals surface area contributed by atoms with Gasteiger partial charge in [-0.2, -0.15) is 0 Å². The summed E-state index contributed by atoms with van der Waals surface area (Å²) in [6.07, 6.45) is 0. The quantitative estimate of drug-likeness (QED) is 0.718. The molecule has 0 bridgehead atoms. The second-order valence-electron chi connectivity index (χ2n) is 5.37. The number of aryl methyl sites for hydroxylation is 1. The van der Waals surface area contributed by atoms with Gasteiger partial charge in [0.05, 0.1) is 5.69 Å². The molecule has 5 nitrogen and oxygen atoms in total. The summed E-state index contributed by atoms with van der Waals surface area (Å²) in [5, 5.41) is 12.1. The zero-order valence-electron chi connectivity index (χ0n) is 13.6. The Morgan fingerprint density at radius 3 is 2.67 bits per heavy atom. The monoisotopic (exact) mass is 338 g/mol. The van der Waals surface area contributed by atoms with Gasteiger partial charge in [0.25, 0.3) is 0 Å². The van der Waals surface area contributed by atoms with Gasteiger partial charge >= 0.3 is 0 Å². The number of carbonyl (C=O) groups excluding carboxylic acids is 1. The fraction of sp³-hybridized carbons (Fsp3) is 0.167. The first-order valence-corrected chi connectivity index (χ1v) is 8.59. The molecule has 0 aliphatic rings. The van der Waals surface area contributed by atoms with Crippen molar-refractivity contribution in [2.45, 2.75) is 24.8 Å². The van der Waals surface area contributed by atoms with E-state index in [1.807, 2.05) is 54.0 Å². The molecular weight excluding hydrogens is 320 g/mol. The largest absolute Gasteiger partial charge is 0.326 e. The average Bonchev–Trinajstić information content (AvgIpc) is 2.94. The van der Waals surface area contributed by atoms with Crippen LogP contribution in [0.3, 0.4) is 0 Å². The molecule has 0 saturated carbocycles. The van der Waals surface area contributed by atoms with Crippen molar-refractivity contribution in [1.82, 2.24) is 14.8 Å². The summed E-state index contributed by atoms with van der Waals surface area (Å²) in [6.45, 7) is 3.42. The number of thioether (sulfide) groups is 1. The first-order valence-electron chi connectivity index (χ1n) is 7.60. The molecule has 122 valence electrons. The van der Waals surface area contributed by atoms with Gasteiger partial charge in [0.2, 0.25) is 5.91 Å². The molecule has 0 unspecified atom stereocenters. The first kappa shape index (κ1) is 16.3. The summed E-state index contributed by atoms with van der Waals surface area (Å²) < 4.78 is 2.00. The number of hydrogen-bond acceptors (Lipinski definition) is 4. The van der Waals surface area contributed by atoms with E-state index in [2.05, 4.69) is 27.6 Å². The molecule has 3 aromatic rings. The van der Waals surface area contributed by atoms with Gasteiger partial charge in [0, 0.05) is 18.4 Å². The maximum atomic E-state index is 11.3. The Morgan fingerprint density at radius 1 is 1.12 bits per heavy atom. The number of nitrogens with zero attached hydrogens (tertiary/aromatic N) is 3. The fourth-order valence-electron chi connectivity index (χ4n) is 2.38. The Kier molecular flexibility index (Phi) is 4.96. The normalized spacial score (nSPS) is 10.6. The van der Waals surface area contributed by atoms with Gasteiger partial charge in [-0.15, -0.1) is 10.2 Å². The highest BCUT2D eigenvalue weighted by Gasteiger charge is 2.12. The van der Waals surface area contributed by atoms with E-state index in [0.717, 1.165) is 28.1 Å². The highest BCUT2D eigenvalue weighted by Crippen LogP contribution is 2.26. The number of benzene rings is 2. The van der Waals surface area contributed by atoms with Gasteiger partial charge in [-0.05, 0) is 30.7 Å². The van der Waals surface area contributed by atoms with E-state index in [1.165, 1.54) is 12.5 Å². The van der Waals surface area contributed by atoms with Crippen LogP contribution in [-0.2, 0) is 10.5 Å². The molecule has 0 fully saturated rings. The van der Waals surface area contributed by atoms with Gasteiger partial charge < -0.3 is 5.32 Å². The van der Waals surface area contributed by atoms with Crippen LogP contribution in [0.15, 0.2) is 59.8 Å². The highest BCUT2D eigenvalue weighted by molar-refractivity contribution is 7.98. The first-order chi connectivity index (χ1) is 11.6. The Labute approximate surface area is 145 Å². The predicted octanol–water partition coefficient (Wildman–Crippen LogP) is 3.83. The molecule has 2 aromatic carbocycles. The number of rotatable bonds is 5. The molecule has 0 saturated heterocycles. The van der Waals surface area contributed by atoms with Crippen LogP contribution in [0.4, 0.5) is 5.69 Å². The van der Waals surface area contributed by atoms with Crippen LogP contribution in [0.2, 0.25) is 0 Å². The molecule has 3 rings (SSSR count). The molecule has 0 spiro atoms. The zero-order valence-corrected chi connectivity index (χ0v) is 14.4. The minimum atomic E-state index is -0.0914. The van der Waals surface area contributed by atoms with E-state index in [9.17, 15) is 4.79 Å². The predicted molar refractivity (Wildman–Crippen MR) is 96.4 cm³/mol. The Bertz CT molecular complexity index is 845. The molecule has 0 atom stereocenters. The van der Waals surface area contributed by atoms with Crippen LogP contribution < -0.4 is 5.32 Å². The van der Waals surface area contributed by atoms with Crippen molar-refractivity contribution < 1.29 is 4.79 Å². The molecule has 1 N–H and O–H groups in total. The van der Waals surface area contributed by atoms with Crippen LogP contribution in [-0.4, -0.2) is 20.7 Å². The van der Waals surface area contributed by atoms with Crippen LogP contribution in [0.25, 0.3) is 5.69 Å². The average molecular weight is 338 g/mol. The fourth-order valence-corrected chi connectivity index (χ4v) is 3.34. The van der Waals surface area contributed by atoms with E-state index < -0.39 is 0 Å². The van der Waals surface area contributed by atoms with Crippen molar-refractivity contribution in [1.29, 1.82) is 0 Å². The number of anilines is 1. The Hall–Kier alpha value is -2.60. The van der Waals surface area contributed by atoms with Crippen molar-refractivity contribution >= 4 is 23.4 Å². The molecule has 0 radical (unpaired) electrons. The minimum absolute atomic E-state index is 0.0914. The third-order valence-electron chi connectivity index (χ3n) is 3.43. The lowest BCUT2D eigenvalue weighted by Gasteiger charge is -2.10. The molecule has 0 aliphatic heterocycles. The zero-order chi connectivity index (χ0) is 16.9. The van der Waals surface area contributed by atoms with Gasteiger partial charge in [-0.3, -0.25) is 9.36 Å². The van der Waals surface area contributed by atoms with Crippen LogP contribution >= 0.6 is 11.8 Å². The second-order valence-corrected chi connectivity index (χ2v) is 6.31. The van der Waals surface area contributed by atoms with E-state index in [4.69, 9.17) is 0 Å². The summed E-state index contributed by atoms with van der Waals surface area (Å²) in [4.78, 5) is 11.3. The minimum Gasteiger partial charge on any atom is -0.326 e. The van der Waals surface area contributed by atoms with Crippen LogP contribution in [0, 0.1) is 6.92 Å². The maximum absolute atomic E-state index is 11.3. The van der Waals surface area contributed by atoms with Crippen molar-refractivity contribution in [3.8, 4) is 5.69 Å². The molecule has 24 heavy (non-hydrogen) atoms. The maximum Gasteiger partial charge on any atom is 0.221 e. The number of hydrogen-bond donors (Lipinski definition) is 1. The van der Waals surface area contributed by atoms with Crippen LogP contribution in [0.1, 0.15) is 18.3 Å². The van der Waals surface area contributed by atoms with Gasteiger partial charge in [0.1, 0.15) is 5.82 Å². The highest BCUT2D eigenvalue weighted by atomic mass is 32.2. The van der Waals surface area contributed by atoms with Gasteiger partial charge in [-0.1, -0.05) is 48.2 Å². The van der Waals surface area contributed by atoms with E-state index in [1.54, 1.807) is 11.8 Å². The molecule has 1 aromatic heterocycles. The number of aromatic nitrogens is 3. The Balaban J connectivity index is 1.86. The lowest BCUT2D eigenvalue weighted by molar-refractivity contribution is -0.114. The SMILES string of the molecule is CC(=O)Nc1cccc(-n2c(C)nnc2SCc2ccccc2)c1. The van der Waals surface area contributed by atoms with Crippen molar-refractivity contribution in [2.75, 3.05) is 5.32 Å². The third kappa shape index (κ3) is 3.83. The molecule has 6 heteroatoms. The molecular formula is C18H18N4OS. The number of nitrogens with one attached hydrogen (secondary N) is 1. The van der Waals surface area contributed by atoms with Crippen molar-refractivity contribution in [3.05, 3.63) is 66.0 Å². The molecule has 0 aliphatic carbocycles. The van der Waals surface area contributed by atoms with E-state index in [-0.39, 0.29) is 5.91 Å². The summed E-state index contributed by atoms with van der Waals surface area (Å²) in [5.74, 6) is 1.54. The number of carbonyl (C=O) groups is 1. The van der Waals surface area contributed by atoms with Gasteiger partial charge in [0.15, 0.2) is 5.16 Å². The lowest BCUT2D eigenvalue weighted by atomic mass is 10.2. The van der Waals surface area contributed by atoms with Crippen molar-refractivity contribution in [2.24, 2.45) is 0 Å². The third-order valence-corrected chi connectivity index (χ3v) is 4.43. The summed E-state index contributed by atoms with van der Waals surface area (Å²) >= 11 is 1.64. The summed E-state index contributed by atoms with van der Waals surface area (Å²) in [6, 6.07) is 17.9. The number of amides is 1. The topological polar surface area (TPSA) is 59.8 Å². The summed E-state index contributed by atoms with van der Waals surface area (Å²) in [7, 11) is 0. The summed E-state index contributed by atoms with van der Waals surface area (Å²) in [5.41, 5.74) is 2.92.